The van der Waals surface area contributed by atoms with E-state index in [1.165, 1.54) is 6.42 Å². The van der Waals surface area contributed by atoms with Gasteiger partial charge in [-0.2, -0.15) is 0 Å². The number of likely N-dealkylation sites (tertiary alicyclic amines) is 1. The predicted octanol–water partition coefficient (Wildman–Crippen LogP) is 1.09. The monoisotopic (exact) mass is 254 g/mol. The Labute approximate surface area is 110 Å². The maximum absolute atomic E-state index is 11.9. The van der Waals surface area contributed by atoms with Gasteiger partial charge in [-0.05, 0) is 26.2 Å². The summed E-state index contributed by atoms with van der Waals surface area (Å²) in [5, 5.41) is 10.6. The lowest BCUT2D eigenvalue weighted by Crippen LogP contribution is -2.54. The predicted molar refractivity (Wildman–Crippen MR) is 71.3 cm³/mol. The zero-order valence-electron chi connectivity index (χ0n) is 11.7. The number of hydrogen-bond donors (Lipinski definition) is 1. The molecule has 1 saturated heterocycles. The number of carbonyl (C=O) groups excluding carboxylic acids is 1. The molecule has 0 spiro atoms. The summed E-state index contributed by atoms with van der Waals surface area (Å²) in [5.74, 6) is 0.568. The molecule has 1 N–H and O–H groups in total. The Morgan fingerprint density at radius 3 is 2.94 bits per heavy atom. The van der Waals surface area contributed by atoms with Crippen molar-refractivity contribution in [2.75, 3.05) is 33.2 Å². The summed E-state index contributed by atoms with van der Waals surface area (Å²) in [4.78, 5) is 15.9. The molecule has 1 heterocycles. The summed E-state index contributed by atoms with van der Waals surface area (Å²) in [6.07, 6.45) is 5.29. The number of fused-ring (bicyclic) bond motifs is 1. The van der Waals surface area contributed by atoms with Crippen LogP contribution in [0.15, 0.2) is 0 Å². The van der Waals surface area contributed by atoms with Crippen molar-refractivity contribution in [1.82, 2.24) is 9.80 Å². The lowest BCUT2D eigenvalue weighted by molar-refractivity contribution is -0.135. The number of carbonyl (C=O) groups is 1. The van der Waals surface area contributed by atoms with Crippen LogP contribution in [0.3, 0.4) is 0 Å². The van der Waals surface area contributed by atoms with Crippen LogP contribution in [-0.4, -0.2) is 59.6 Å². The van der Waals surface area contributed by atoms with Gasteiger partial charge >= 0.3 is 0 Å². The standard InChI is InChI=1S/C14H26N2O2/c1-3-15(2)13(17)11-16-9-8-14(18)7-5-4-6-12(14)10-16/h12,18H,3-11H2,1-2H3. The van der Waals surface area contributed by atoms with E-state index >= 15 is 0 Å². The summed E-state index contributed by atoms with van der Waals surface area (Å²) in [5.41, 5.74) is -0.436. The number of rotatable bonds is 3. The van der Waals surface area contributed by atoms with Crippen LogP contribution in [0.2, 0.25) is 0 Å². The van der Waals surface area contributed by atoms with Crippen LogP contribution in [0.5, 0.6) is 0 Å². The summed E-state index contributed by atoms with van der Waals surface area (Å²) in [6.45, 7) is 5.01. The topological polar surface area (TPSA) is 43.8 Å². The molecule has 104 valence electrons. The van der Waals surface area contributed by atoms with E-state index in [0.717, 1.165) is 45.3 Å². The Bertz CT molecular complexity index is 308. The van der Waals surface area contributed by atoms with Crippen LogP contribution in [0, 0.1) is 5.92 Å². The van der Waals surface area contributed by atoms with Gasteiger partial charge in [-0.3, -0.25) is 9.69 Å². The molecule has 2 fully saturated rings. The van der Waals surface area contributed by atoms with E-state index in [2.05, 4.69) is 4.90 Å². The highest BCUT2D eigenvalue weighted by Gasteiger charge is 2.42. The van der Waals surface area contributed by atoms with Crippen molar-refractivity contribution in [3.63, 3.8) is 0 Å². The Morgan fingerprint density at radius 1 is 1.44 bits per heavy atom. The van der Waals surface area contributed by atoms with Crippen LogP contribution in [0.4, 0.5) is 0 Å². The molecule has 4 nitrogen and oxygen atoms in total. The van der Waals surface area contributed by atoms with Crippen molar-refractivity contribution < 1.29 is 9.90 Å². The average molecular weight is 254 g/mol. The third kappa shape index (κ3) is 2.86. The summed E-state index contributed by atoms with van der Waals surface area (Å²) in [6, 6.07) is 0. The molecule has 0 aromatic carbocycles. The van der Waals surface area contributed by atoms with Gasteiger partial charge in [0.25, 0.3) is 0 Å². The normalized spacial score (nSPS) is 32.9. The van der Waals surface area contributed by atoms with Crippen molar-refractivity contribution in [3.05, 3.63) is 0 Å². The van der Waals surface area contributed by atoms with Crippen molar-refractivity contribution >= 4 is 5.91 Å². The Kier molecular flexibility index (Phi) is 4.28. The van der Waals surface area contributed by atoms with Gasteiger partial charge in [-0.15, -0.1) is 0 Å². The first-order valence-electron chi connectivity index (χ1n) is 7.24. The van der Waals surface area contributed by atoms with Crippen LogP contribution in [-0.2, 0) is 4.79 Å². The van der Waals surface area contributed by atoms with Gasteiger partial charge in [-0.25, -0.2) is 0 Å². The highest BCUT2D eigenvalue weighted by atomic mass is 16.3. The van der Waals surface area contributed by atoms with Gasteiger partial charge in [0.15, 0.2) is 0 Å². The van der Waals surface area contributed by atoms with E-state index in [4.69, 9.17) is 0 Å². The summed E-state index contributed by atoms with van der Waals surface area (Å²) in [7, 11) is 1.85. The molecular weight excluding hydrogens is 228 g/mol. The molecule has 1 amide bonds. The van der Waals surface area contributed by atoms with E-state index in [-0.39, 0.29) is 5.91 Å². The second kappa shape index (κ2) is 5.57. The molecule has 0 aromatic rings. The first kappa shape index (κ1) is 13.8. The lowest BCUT2D eigenvalue weighted by Gasteiger charge is -2.47. The second-order valence-corrected chi connectivity index (χ2v) is 5.94. The Balaban J connectivity index is 1.89. The molecular formula is C14H26N2O2. The van der Waals surface area contributed by atoms with Gasteiger partial charge in [0.2, 0.25) is 5.91 Å². The number of aliphatic hydroxyl groups is 1. The van der Waals surface area contributed by atoms with Crippen molar-refractivity contribution in [1.29, 1.82) is 0 Å². The molecule has 1 saturated carbocycles. The quantitative estimate of drug-likeness (QED) is 0.820. The number of likely N-dealkylation sites (N-methyl/N-ethyl adjacent to an activating group) is 1. The molecule has 0 bridgehead atoms. The van der Waals surface area contributed by atoms with Gasteiger partial charge in [0.05, 0.1) is 12.1 Å². The molecule has 4 heteroatoms. The molecule has 0 radical (unpaired) electrons. The zero-order valence-corrected chi connectivity index (χ0v) is 11.7. The highest BCUT2D eigenvalue weighted by Crippen LogP contribution is 2.39. The smallest absolute Gasteiger partial charge is 0.236 e. The number of amides is 1. The average Bonchev–Trinajstić information content (AvgIpc) is 2.38. The minimum atomic E-state index is -0.436. The minimum Gasteiger partial charge on any atom is -0.390 e. The number of piperidine rings is 1. The largest absolute Gasteiger partial charge is 0.390 e. The zero-order chi connectivity index (χ0) is 13.2. The van der Waals surface area contributed by atoms with Gasteiger partial charge in [0, 0.05) is 32.6 Å². The maximum Gasteiger partial charge on any atom is 0.236 e. The molecule has 2 unspecified atom stereocenters. The van der Waals surface area contributed by atoms with Gasteiger partial charge < -0.3 is 10.0 Å². The van der Waals surface area contributed by atoms with Crippen molar-refractivity contribution in [3.8, 4) is 0 Å². The van der Waals surface area contributed by atoms with E-state index in [1.807, 2.05) is 14.0 Å². The third-order valence-corrected chi connectivity index (χ3v) is 4.77. The molecule has 2 atom stereocenters. The van der Waals surface area contributed by atoms with Crippen molar-refractivity contribution in [2.24, 2.45) is 5.92 Å². The molecule has 18 heavy (non-hydrogen) atoms. The van der Waals surface area contributed by atoms with Crippen LogP contribution < -0.4 is 0 Å². The highest BCUT2D eigenvalue weighted by molar-refractivity contribution is 5.77. The van der Waals surface area contributed by atoms with Crippen LogP contribution >= 0.6 is 0 Å². The molecule has 2 aliphatic rings. The van der Waals surface area contributed by atoms with E-state index in [1.54, 1.807) is 4.90 Å². The summed E-state index contributed by atoms with van der Waals surface area (Å²) < 4.78 is 0. The van der Waals surface area contributed by atoms with Gasteiger partial charge in [-0.1, -0.05) is 12.8 Å². The fraction of sp³-hybridized carbons (Fsp3) is 0.929. The van der Waals surface area contributed by atoms with E-state index in [0.29, 0.717) is 12.5 Å². The lowest BCUT2D eigenvalue weighted by atomic mass is 9.71. The van der Waals surface area contributed by atoms with Gasteiger partial charge in [0.1, 0.15) is 0 Å². The third-order valence-electron chi connectivity index (χ3n) is 4.77. The first-order chi connectivity index (χ1) is 8.55. The SMILES string of the molecule is CCN(C)C(=O)CN1CCC2(O)CCCCC2C1. The first-order valence-corrected chi connectivity index (χ1v) is 7.24. The molecule has 0 aromatic heterocycles. The molecule has 2 rings (SSSR count). The van der Waals surface area contributed by atoms with E-state index in [9.17, 15) is 9.90 Å². The number of nitrogens with zero attached hydrogens (tertiary/aromatic N) is 2. The molecule has 1 aliphatic heterocycles. The minimum absolute atomic E-state index is 0.193. The van der Waals surface area contributed by atoms with E-state index < -0.39 is 5.60 Å². The fourth-order valence-electron chi connectivity index (χ4n) is 3.27. The van der Waals surface area contributed by atoms with Crippen molar-refractivity contribution in [2.45, 2.75) is 44.6 Å². The Morgan fingerprint density at radius 2 is 2.22 bits per heavy atom. The maximum atomic E-state index is 11.9. The molecule has 1 aliphatic carbocycles. The van der Waals surface area contributed by atoms with Crippen LogP contribution in [0.25, 0.3) is 0 Å². The Hall–Kier alpha value is -0.610. The summed E-state index contributed by atoms with van der Waals surface area (Å²) >= 11 is 0. The number of hydrogen-bond acceptors (Lipinski definition) is 3. The second-order valence-electron chi connectivity index (χ2n) is 5.94. The fourth-order valence-corrected chi connectivity index (χ4v) is 3.27. The van der Waals surface area contributed by atoms with Crippen LogP contribution in [0.1, 0.15) is 39.0 Å².